The molecular formula is C29H31FN4OS. The highest BCUT2D eigenvalue weighted by Crippen LogP contribution is 2.30. The summed E-state index contributed by atoms with van der Waals surface area (Å²) in [6, 6.07) is 16.6. The van der Waals surface area contributed by atoms with E-state index < -0.39 is 0 Å². The second kappa shape index (κ2) is 10.8. The van der Waals surface area contributed by atoms with Gasteiger partial charge < -0.3 is 9.88 Å². The molecule has 1 N–H and O–H groups in total. The standard InChI is InChI=1S/C29H31FN4OS/c1-19-4-3-5-25(20(19)2)32-28(35)23-10-6-22(7-11-23)18-36-29-33-26-14-15-31-16-27(26)34(29)17-21-8-12-24(30)13-9-21/h6-16,19-20,25H,3-5,17-18H2,1-2H3,(H,32,35)/t19-,20-,25-/m1/s1. The molecule has 1 saturated carbocycles. The zero-order chi connectivity index (χ0) is 25.1. The van der Waals surface area contributed by atoms with Crippen LogP contribution < -0.4 is 5.32 Å². The highest BCUT2D eigenvalue weighted by Gasteiger charge is 2.28. The number of aromatic nitrogens is 3. The molecule has 2 heterocycles. The molecule has 0 saturated heterocycles. The molecule has 1 fully saturated rings. The number of benzene rings is 2. The SMILES string of the molecule is C[C@@H]1[C@H](C)CCC[C@H]1NC(=O)c1ccc(CSc2nc3ccncc3n2Cc2ccc(F)cc2)cc1. The van der Waals surface area contributed by atoms with Crippen molar-refractivity contribution in [3.8, 4) is 0 Å². The Labute approximate surface area is 215 Å². The van der Waals surface area contributed by atoms with Crippen LogP contribution in [0.4, 0.5) is 4.39 Å². The third-order valence-electron chi connectivity index (χ3n) is 7.38. The molecular weight excluding hydrogens is 471 g/mol. The Morgan fingerprint density at radius 3 is 2.58 bits per heavy atom. The van der Waals surface area contributed by atoms with Crippen LogP contribution in [-0.4, -0.2) is 26.5 Å². The van der Waals surface area contributed by atoms with Crippen LogP contribution in [0.15, 0.2) is 72.1 Å². The van der Waals surface area contributed by atoms with Crippen molar-refractivity contribution in [2.45, 2.75) is 56.6 Å². The summed E-state index contributed by atoms with van der Waals surface area (Å²) >= 11 is 1.64. The van der Waals surface area contributed by atoms with E-state index in [0.29, 0.717) is 23.9 Å². The van der Waals surface area contributed by atoms with Crippen LogP contribution in [0.3, 0.4) is 0 Å². The summed E-state index contributed by atoms with van der Waals surface area (Å²) in [6.45, 7) is 5.11. The number of fused-ring (bicyclic) bond motifs is 1. The minimum atomic E-state index is -0.245. The van der Waals surface area contributed by atoms with Crippen molar-refractivity contribution in [2.75, 3.05) is 0 Å². The molecule has 0 bridgehead atoms. The van der Waals surface area contributed by atoms with Gasteiger partial charge in [-0.15, -0.1) is 0 Å². The molecule has 36 heavy (non-hydrogen) atoms. The van der Waals surface area contributed by atoms with E-state index in [1.54, 1.807) is 30.1 Å². The highest BCUT2D eigenvalue weighted by molar-refractivity contribution is 7.98. The monoisotopic (exact) mass is 502 g/mol. The predicted molar refractivity (Wildman–Crippen MR) is 142 cm³/mol. The van der Waals surface area contributed by atoms with Gasteiger partial charge in [-0.3, -0.25) is 9.78 Å². The predicted octanol–water partition coefficient (Wildman–Crippen LogP) is 6.47. The summed E-state index contributed by atoms with van der Waals surface area (Å²) in [4.78, 5) is 21.9. The van der Waals surface area contributed by atoms with Crippen molar-refractivity contribution in [1.29, 1.82) is 0 Å². The van der Waals surface area contributed by atoms with E-state index in [9.17, 15) is 9.18 Å². The number of carbonyl (C=O) groups excluding carboxylic acids is 1. The lowest BCUT2D eigenvalue weighted by molar-refractivity contribution is 0.0891. The number of amides is 1. The van der Waals surface area contributed by atoms with Crippen LogP contribution >= 0.6 is 11.8 Å². The smallest absolute Gasteiger partial charge is 0.251 e. The van der Waals surface area contributed by atoms with Gasteiger partial charge in [0.25, 0.3) is 5.91 Å². The average molecular weight is 503 g/mol. The van der Waals surface area contributed by atoms with E-state index in [2.05, 4.69) is 28.7 Å². The number of nitrogens with one attached hydrogen (secondary N) is 1. The largest absolute Gasteiger partial charge is 0.349 e. The summed E-state index contributed by atoms with van der Waals surface area (Å²) in [6.07, 6.45) is 7.03. The molecule has 3 atom stereocenters. The van der Waals surface area contributed by atoms with Gasteiger partial charge in [-0.25, -0.2) is 9.37 Å². The van der Waals surface area contributed by atoms with Crippen molar-refractivity contribution >= 4 is 28.7 Å². The Bertz CT molecular complexity index is 1340. The molecule has 0 spiro atoms. The third-order valence-corrected chi connectivity index (χ3v) is 8.42. The number of halogens is 1. The lowest BCUT2D eigenvalue weighted by Crippen LogP contribution is -2.43. The van der Waals surface area contributed by atoms with Crippen molar-refractivity contribution in [2.24, 2.45) is 11.8 Å². The number of nitrogens with zero attached hydrogens (tertiary/aromatic N) is 3. The molecule has 0 radical (unpaired) electrons. The van der Waals surface area contributed by atoms with Gasteiger partial charge in [-0.2, -0.15) is 0 Å². The van der Waals surface area contributed by atoms with Gasteiger partial charge in [0.15, 0.2) is 5.16 Å². The zero-order valence-corrected chi connectivity index (χ0v) is 21.5. The fourth-order valence-electron chi connectivity index (χ4n) is 4.92. The molecule has 7 heteroatoms. The molecule has 5 rings (SSSR count). The molecule has 5 nitrogen and oxygen atoms in total. The van der Waals surface area contributed by atoms with E-state index >= 15 is 0 Å². The number of carbonyl (C=O) groups is 1. The van der Waals surface area contributed by atoms with E-state index in [4.69, 9.17) is 4.98 Å². The normalized spacial score (nSPS) is 19.9. The van der Waals surface area contributed by atoms with Gasteiger partial charge in [0, 0.05) is 23.6 Å². The van der Waals surface area contributed by atoms with Crippen molar-refractivity contribution in [1.82, 2.24) is 19.9 Å². The molecule has 1 amide bonds. The number of thioether (sulfide) groups is 1. The topological polar surface area (TPSA) is 59.8 Å². The Morgan fingerprint density at radius 1 is 1.06 bits per heavy atom. The number of imidazole rings is 1. The Hall–Kier alpha value is -3.19. The summed E-state index contributed by atoms with van der Waals surface area (Å²) in [5.74, 6) is 1.63. The van der Waals surface area contributed by atoms with Crippen LogP contribution in [0, 0.1) is 17.7 Å². The lowest BCUT2D eigenvalue weighted by Gasteiger charge is -2.34. The number of pyridine rings is 1. The highest BCUT2D eigenvalue weighted by atomic mass is 32.2. The molecule has 1 aliphatic rings. The molecule has 4 aromatic rings. The van der Waals surface area contributed by atoms with Gasteiger partial charge >= 0.3 is 0 Å². The average Bonchev–Trinajstić information content (AvgIpc) is 3.24. The van der Waals surface area contributed by atoms with Gasteiger partial charge in [0.2, 0.25) is 0 Å². The van der Waals surface area contributed by atoms with Gasteiger partial charge in [-0.1, -0.05) is 62.7 Å². The van der Waals surface area contributed by atoms with Crippen LogP contribution in [0.25, 0.3) is 11.0 Å². The molecule has 186 valence electrons. The lowest BCUT2D eigenvalue weighted by atomic mass is 9.78. The van der Waals surface area contributed by atoms with E-state index in [0.717, 1.165) is 39.5 Å². The van der Waals surface area contributed by atoms with Crippen molar-refractivity contribution in [3.63, 3.8) is 0 Å². The molecule has 2 aromatic heterocycles. The first-order valence-corrected chi connectivity index (χ1v) is 13.5. The maximum absolute atomic E-state index is 13.4. The zero-order valence-electron chi connectivity index (χ0n) is 20.7. The van der Waals surface area contributed by atoms with Crippen LogP contribution in [0.5, 0.6) is 0 Å². The second-order valence-corrected chi connectivity index (χ2v) is 10.7. The first-order chi connectivity index (χ1) is 17.5. The summed E-state index contributed by atoms with van der Waals surface area (Å²) in [5, 5.41) is 4.13. The first-order valence-electron chi connectivity index (χ1n) is 12.6. The van der Waals surface area contributed by atoms with Gasteiger partial charge in [-0.05, 0) is 59.7 Å². The van der Waals surface area contributed by atoms with Crippen molar-refractivity contribution in [3.05, 3.63) is 89.5 Å². The molecule has 0 aliphatic heterocycles. The third kappa shape index (κ3) is 5.46. The Morgan fingerprint density at radius 2 is 1.81 bits per heavy atom. The van der Waals surface area contributed by atoms with E-state index in [-0.39, 0.29) is 17.8 Å². The van der Waals surface area contributed by atoms with E-state index in [1.165, 1.54) is 25.0 Å². The Balaban J connectivity index is 1.27. The van der Waals surface area contributed by atoms with Gasteiger partial charge in [0.05, 0.1) is 23.8 Å². The quantitative estimate of drug-likeness (QED) is 0.295. The second-order valence-electron chi connectivity index (χ2n) is 9.80. The summed E-state index contributed by atoms with van der Waals surface area (Å²) in [5.41, 5.74) is 4.65. The fourth-order valence-corrected chi connectivity index (χ4v) is 5.89. The van der Waals surface area contributed by atoms with Crippen LogP contribution in [-0.2, 0) is 12.3 Å². The number of hydrogen-bond donors (Lipinski definition) is 1. The number of rotatable bonds is 7. The van der Waals surface area contributed by atoms with Crippen LogP contribution in [0.2, 0.25) is 0 Å². The van der Waals surface area contributed by atoms with Gasteiger partial charge in [0.1, 0.15) is 5.82 Å². The van der Waals surface area contributed by atoms with Crippen molar-refractivity contribution < 1.29 is 9.18 Å². The minimum Gasteiger partial charge on any atom is -0.349 e. The first kappa shape index (κ1) is 24.5. The minimum absolute atomic E-state index is 0.00810. The summed E-state index contributed by atoms with van der Waals surface area (Å²) in [7, 11) is 0. The molecule has 2 aromatic carbocycles. The fraction of sp³-hybridized carbons (Fsp3) is 0.345. The molecule has 1 aliphatic carbocycles. The number of hydrogen-bond acceptors (Lipinski definition) is 4. The maximum atomic E-state index is 13.4. The maximum Gasteiger partial charge on any atom is 0.251 e. The Kier molecular flexibility index (Phi) is 7.37. The molecule has 0 unspecified atom stereocenters. The van der Waals surface area contributed by atoms with Crippen LogP contribution in [0.1, 0.15) is 54.6 Å². The summed E-state index contributed by atoms with van der Waals surface area (Å²) < 4.78 is 15.5. The van der Waals surface area contributed by atoms with E-state index in [1.807, 2.05) is 36.5 Å².